The third-order valence-corrected chi connectivity index (χ3v) is 4.37. The summed E-state index contributed by atoms with van der Waals surface area (Å²) >= 11 is 6.43. The zero-order valence-corrected chi connectivity index (χ0v) is 16.7. The Labute approximate surface area is 169 Å². The lowest BCUT2D eigenvalue weighted by Crippen LogP contribution is -2.38. The highest BCUT2D eigenvalue weighted by molar-refractivity contribution is 6.36. The molecule has 2 aromatic rings. The maximum Gasteiger partial charge on any atom is 0.325 e. The van der Waals surface area contributed by atoms with Gasteiger partial charge in [-0.3, -0.25) is 4.79 Å². The molecule has 0 aromatic heterocycles. The minimum Gasteiger partial charge on any atom is -0.465 e. The summed E-state index contributed by atoms with van der Waals surface area (Å²) in [5, 5.41) is 8.80. The molecule has 0 heterocycles. The Kier molecular flexibility index (Phi) is 7.95. The number of ether oxygens (including phenoxy) is 1. The number of esters is 1. The van der Waals surface area contributed by atoms with Crippen molar-refractivity contribution < 1.29 is 14.3 Å². The summed E-state index contributed by atoms with van der Waals surface area (Å²) in [6, 6.07) is 11.0. The van der Waals surface area contributed by atoms with Crippen LogP contribution in [-0.4, -0.2) is 31.7 Å². The maximum absolute atomic E-state index is 11.7. The van der Waals surface area contributed by atoms with E-state index in [9.17, 15) is 9.59 Å². The quantitative estimate of drug-likeness (QED) is 0.398. The van der Waals surface area contributed by atoms with Gasteiger partial charge in [0.05, 0.1) is 23.0 Å². The number of rotatable bonds is 8. The van der Waals surface area contributed by atoms with Crippen LogP contribution in [0.5, 0.6) is 0 Å². The number of benzene rings is 2. The van der Waals surface area contributed by atoms with Crippen molar-refractivity contribution in [2.45, 2.75) is 20.4 Å². The van der Waals surface area contributed by atoms with E-state index in [-0.39, 0.29) is 13.2 Å². The van der Waals surface area contributed by atoms with Gasteiger partial charge in [0.1, 0.15) is 6.54 Å². The van der Waals surface area contributed by atoms with Crippen LogP contribution in [0.3, 0.4) is 0 Å². The fraction of sp³-hybridized carbons (Fsp3) is 0.300. The number of carbonyl (C=O) groups is 2. The molecule has 0 aliphatic heterocycles. The minimum atomic E-state index is -0.474. The van der Waals surface area contributed by atoms with Crippen LogP contribution in [0.25, 0.3) is 11.1 Å². The predicted molar refractivity (Wildman–Crippen MR) is 112 cm³/mol. The highest BCUT2D eigenvalue weighted by atomic mass is 35.5. The minimum absolute atomic E-state index is 0.165. The first-order chi connectivity index (χ1) is 13.5. The highest BCUT2D eigenvalue weighted by Gasteiger charge is 2.11. The third-order valence-electron chi connectivity index (χ3n) is 3.96. The van der Waals surface area contributed by atoms with E-state index in [2.05, 4.69) is 16.0 Å². The molecule has 0 fully saturated rings. The average Bonchev–Trinajstić information content (AvgIpc) is 2.69. The van der Waals surface area contributed by atoms with Crippen LogP contribution in [0, 0.1) is 0 Å². The van der Waals surface area contributed by atoms with Crippen molar-refractivity contribution in [3.63, 3.8) is 0 Å². The van der Waals surface area contributed by atoms with Crippen molar-refractivity contribution in [2.75, 3.05) is 30.7 Å². The molecule has 0 radical (unpaired) electrons. The molecule has 2 amide bonds. The predicted octanol–water partition coefficient (Wildman–Crippen LogP) is 3.38. The molecule has 0 atom stereocenters. The van der Waals surface area contributed by atoms with Crippen molar-refractivity contribution in [3.8, 4) is 11.1 Å². The lowest BCUT2D eigenvalue weighted by atomic mass is 10.0. The second kappa shape index (κ2) is 10.4. The summed E-state index contributed by atoms with van der Waals surface area (Å²) in [6.45, 7) is 4.90. The van der Waals surface area contributed by atoms with Gasteiger partial charge in [-0.2, -0.15) is 0 Å². The summed E-state index contributed by atoms with van der Waals surface area (Å²) < 4.78 is 4.74. The van der Waals surface area contributed by atoms with E-state index >= 15 is 0 Å². The highest BCUT2D eigenvalue weighted by Crippen LogP contribution is 2.36. The Morgan fingerprint density at radius 2 is 1.79 bits per heavy atom. The van der Waals surface area contributed by atoms with Crippen LogP contribution in [0.1, 0.15) is 19.4 Å². The van der Waals surface area contributed by atoms with Crippen LogP contribution < -0.4 is 21.7 Å². The SMILES string of the molecule is CCNc1ccc(-c2ccc(CNC(=O)NCC(=O)OCC)cc2)c(Cl)c1N. The van der Waals surface area contributed by atoms with Crippen molar-refractivity contribution in [1.82, 2.24) is 10.6 Å². The molecular weight excluding hydrogens is 380 g/mol. The number of hydrogen-bond acceptors (Lipinski definition) is 5. The summed E-state index contributed by atoms with van der Waals surface area (Å²) in [7, 11) is 0. The molecule has 8 heteroatoms. The van der Waals surface area contributed by atoms with Crippen molar-refractivity contribution in [2.24, 2.45) is 0 Å². The van der Waals surface area contributed by atoms with Gasteiger partial charge in [-0.15, -0.1) is 0 Å². The van der Waals surface area contributed by atoms with Gasteiger partial charge in [-0.05, 0) is 31.0 Å². The van der Waals surface area contributed by atoms with Crippen LogP contribution in [0.15, 0.2) is 36.4 Å². The van der Waals surface area contributed by atoms with Crippen molar-refractivity contribution in [3.05, 3.63) is 47.0 Å². The lowest BCUT2D eigenvalue weighted by molar-refractivity contribution is -0.141. The zero-order chi connectivity index (χ0) is 20.5. The number of nitrogens with two attached hydrogens (primary N) is 1. The Morgan fingerprint density at radius 3 is 2.43 bits per heavy atom. The number of hydrogen-bond donors (Lipinski definition) is 4. The number of carbonyl (C=O) groups excluding carboxylic acids is 2. The molecule has 5 N–H and O–H groups in total. The third kappa shape index (κ3) is 5.79. The standard InChI is InChI=1S/C20H25ClN4O3/c1-3-23-16-10-9-15(18(21)19(16)22)14-7-5-13(6-8-14)11-24-20(27)25-12-17(26)28-4-2/h5-10,23H,3-4,11-12,22H2,1-2H3,(H2,24,25,27). The van der Waals surface area contributed by atoms with Gasteiger partial charge in [-0.1, -0.05) is 41.9 Å². The zero-order valence-electron chi connectivity index (χ0n) is 16.0. The van der Waals surface area contributed by atoms with Crippen molar-refractivity contribution >= 4 is 35.0 Å². The second-order valence-electron chi connectivity index (χ2n) is 5.96. The topological polar surface area (TPSA) is 105 Å². The Hall–Kier alpha value is -2.93. The van der Waals surface area contributed by atoms with Gasteiger partial charge in [-0.25, -0.2) is 4.79 Å². The molecule has 0 bridgehead atoms. The monoisotopic (exact) mass is 404 g/mol. The van der Waals surface area contributed by atoms with Gasteiger partial charge < -0.3 is 26.4 Å². The van der Waals surface area contributed by atoms with Gasteiger partial charge in [0.25, 0.3) is 0 Å². The molecular formula is C20H25ClN4O3. The lowest BCUT2D eigenvalue weighted by Gasteiger charge is -2.13. The summed E-state index contributed by atoms with van der Waals surface area (Å²) in [6.07, 6.45) is 0. The van der Waals surface area contributed by atoms with Crippen LogP contribution in [0.4, 0.5) is 16.2 Å². The van der Waals surface area contributed by atoms with Crippen molar-refractivity contribution in [1.29, 1.82) is 0 Å². The molecule has 0 aliphatic carbocycles. The molecule has 0 saturated carbocycles. The van der Waals surface area contributed by atoms with E-state index in [1.807, 2.05) is 43.3 Å². The molecule has 150 valence electrons. The molecule has 7 nitrogen and oxygen atoms in total. The maximum atomic E-state index is 11.7. The van der Waals surface area contributed by atoms with E-state index < -0.39 is 12.0 Å². The smallest absolute Gasteiger partial charge is 0.325 e. The normalized spacial score (nSPS) is 10.2. The number of amides is 2. The van der Waals surface area contributed by atoms with E-state index in [4.69, 9.17) is 22.1 Å². The van der Waals surface area contributed by atoms with Gasteiger partial charge in [0, 0.05) is 18.7 Å². The summed E-state index contributed by atoms with van der Waals surface area (Å²) in [4.78, 5) is 22.9. The average molecular weight is 405 g/mol. The Bertz CT molecular complexity index is 825. The number of nitrogen functional groups attached to an aromatic ring is 1. The largest absolute Gasteiger partial charge is 0.465 e. The number of anilines is 2. The second-order valence-corrected chi connectivity index (χ2v) is 6.33. The Balaban J connectivity index is 1.96. The van der Waals surface area contributed by atoms with Crippen LogP contribution in [0.2, 0.25) is 5.02 Å². The van der Waals surface area contributed by atoms with E-state index in [0.717, 1.165) is 28.9 Å². The first kappa shape index (κ1) is 21.4. The molecule has 0 spiro atoms. The van der Waals surface area contributed by atoms with E-state index in [1.54, 1.807) is 6.92 Å². The summed E-state index contributed by atoms with van der Waals surface area (Å²) in [5.74, 6) is -0.474. The molecule has 2 aromatic carbocycles. The molecule has 2 rings (SSSR count). The summed E-state index contributed by atoms with van der Waals surface area (Å²) in [5.41, 5.74) is 10.1. The fourth-order valence-electron chi connectivity index (χ4n) is 2.57. The molecule has 0 unspecified atom stereocenters. The van der Waals surface area contributed by atoms with Crippen LogP contribution in [-0.2, 0) is 16.1 Å². The number of nitrogens with one attached hydrogen (secondary N) is 3. The number of halogens is 1. The fourth-order valence-corrected chi connectivity index (χ4v) is 2.85. The van der Waals surface area contributed by atoms with Crippen LogP contribution >= 0.6 is 11.6 Å². The van der Waals surface area contributed by atoms with Gasteiger partial charge >= 0.3 is 12.0 Å². The molecule has 28 heavy (non-hydrogen) atoms. The van der Waals surface area contributed by atoms with E-state index in [1.165, 1.54) is 0 Å². The molecule has 0 aliphatic rings. The first-order valence-corrected chi connectivity index (χ1v) is 9.42. The number of urea groups is 1. The van der Waals surface area contributed by atoms with E-state index in [0.29, 0.717) is 17.3 Å². The molecule has 0 saturated heterocycles. The van der Waals surface area contributed by atoms with Gasteiger partial charge in [0.15, 0.2) is 0 Å². The first-order valence-electron chi connectivity index (χ1n) is 9.04. The van der Waals surface area contributed by atoms with Gasteiger partial charge in [0.2, 0.25) is 0 Å². The Morgan fingerprint density at radius 1 is 1.07 bits per heavy atom.